The van der Waals surface area contributed by atoms with Gasteiger partial charge < -0.3 is 171 Å². The Hall–Kier alpha value is -1.65. The van der Waals surface area contributed by atoms with E-state index in [1.165, 1.54) is 0 Å². The second-order valence-electron chi connectivity index (χ2n) is 16.2. The third-order valence-corrected chi connectivity index (χ3v) is 11.4. The van der Waals surface area contributed by atoms with Crippen LogP contribution in [0.4, 0.5) is 0 Å². The average Bonchev–Trinajstić information content (AvgIpc) is 3.75. The van der Waals surface area contributed by atoms with E-state index in [2.05, 4.69) is 4.74 Å². The Balaban J connectivity index is 0.000000336. The molecule has 70 heavy (non-hydrogen) atoms. The highest BCUT2D eigenvalue weighted by Crippen LogP contribution is 2.36. The van der Waals surface area contributed by atoms with E-state index in [1.807, 2.05) is 0 Å². The quantitative estimate of drug-likeness (QED) is 0.0638. The van der Waals surface area contributed by atoms with Crippen LogP contribution in [0.2, 0.25) is 0 Å². The normalized spacial score (nSPS) is 45.7. The largest absolute Gasteiger partial charge is 0.394 e. The molecule has 34 heteroatoms. The van der Waals surface area contributed by atoms with Gasteiger partial charge in [-0.2, -0.15) is 0 Å². The molecule has 5 rings (SSSR count). The van der Waals surface area contributed by atoms with Crippen LogP contribution in [0.1, 0.15) is 0 Å². The molecule has 5 fully saturated rings. The van der Waals surface area contributed by atoms with Gasteiger partial charge in [-0.25, -0.2) is 0 Å². The van der Waals surface area contributed by atoms with Gasteiger partial charge in [-0.15, -0.1) is 0 Å². The zero-order valence-electron chi connectivity index (χ0n) is 36.6. The van der Waals surface area contributed by atoms with E-state index in [0.29, 0.717) is 0 Å². The van der Waals surface area contributed by atoms with Crippen LogP contribution in [0, 0.1) is 0 Å². The minimum Gasteiger partial charge on any atom is -0.394 e. The lowest BCUT2D eigenvalue weighted by Crippen LogP contribution is -2.64. The van der Waals surface area contributed by atoms with Gasteiger partial charge in [0.05, 0.1) is 46.2 Å². The first-order valence-electron chi connectivity index (χ1n) is 21.0. The van der Waals surface area contributed by atoms with Gasteiger partial charge in [-0.05, 0) is 0 Å². The fourth-order valence-corrected chi connectivity index (χ4v) is 6.97. The molecule has 0 saturated carbocycles. The number of rotatable bonds is 16. The first kappa shape index (κ1) is 64.5. The Morgan fingerprint density at radius 1 is 0.471 bits per heavy atom. The zero-order chi connectivity index (χ0) is 53.7. The van der Waals surface area contributed by atoms with Gasteiger partial charge in [0.1, 0.15) is 141 Å². The van der Waals surface area contributed by atoms with Gasteiger partial charge in [0.2, 0.25) is 11.6 Å². The van der Waals surface area contributed by atoms with E-state index >= 15 is 0 Å². The summed E-state index contributed by atoms with van der Waals surface area (Å²) in [5.41, 5.74) is 0. The maximum absolute atomic E-state index is 10.00. The number of aliphatic hydroxyl groups excluding tert-OH is 25. The van der Waals surface area contributed by atoms with Crippen molar-refractivity contribution in [2.45, 2.75) is 165 Å². The molecule has 5 saturated heterocycles. The van der Waals surface area contributed by atoms with Crippen LogP contribution in [0.3, 0.4) is 0 Å². The summed E-state index contributed by atoms with van der Waals surface area (Å²) < 4.78 is 35.3. The highest BCUT2D eigenvalue weighted by Gasteiger charge is 2.59. The maximum Gasteiger partial charge on any atom is 0.224 e. The van der Waals surface area contributed by atoms with Crippen molar-refractivity contribution >= 4 is 6.29 Å². The fourth-order valence-electron chi connectivity index (χ4n) is 6.97. The van der Waals surface area contributed by atoms with Crippen LogP contribution in [0.25, 0.3) is 0 Å². The minimum absolute atomic E-state index is 0.0258. The van der Waals surface area contributed by atoms with Crippen LogP contribution >= 0.6 is 0 Å². The van der Waals surface area contributed by atoms with E-state index in [1.54, 1.807) is 0 Å². The van der Waals surface area contributed by atoms with Crippen molar-refractivity contribution in [3.05, 3.63) is 0 Å². The number of aldehydes is 1. The van der Waals surface area contributed by atoms with Gasteiger partial charge in [0.25, 0.3) is 0 Å². The lowest BCUT2D eigenvalue weighted by Gasteiger charge is -2.45. The van der Waals surface area contributed by atoms with Gasteiger partial charge in [0.15, 0.2) is 25.2 Å². The first-order chi connectivity index (χ1) is 32.7. The van der Waals surface area contributed by atoms with Crippen molar-refractivity contribution in [3.8, 4) is 0 Å². The summed E-state index contributed by atoms with van der Waals surface area (Å²) in [6.07, 6.45) is -39.1. The molecule has 0 aromatic rings. The smallest absolute Gasteiger partial charge is 0.224 e. The van der Waals surface area contributed by atoms with Crippen molar-refractivity contribution in [2.75, 3.05) is 52.9 Å². The average molecular weight is 1040 g/mol. The second kappa shape index (κ2) is 28.9. The predicted octanol–water partition coefficient (Wildman–Crippen LogP) is -17.4. The first-order valence-corrected chi connectivity index (χ1v) is 21.0. The summed E-state index contributed by atoms with van der Waals surface area (Å²) in [7, 11) is 0. The third kappa shape index (κ3) is 15.0. The summed E-state index contributed by atoms with van der Waals surface area (Å²) >= 11 is 0. The monoisotopic (exact) mass is 1040 g/mol. The molecule has 26 N–H and O–H groups in total. The Bertz CT molecular complexity index is 1470. The van der Waals surface area contributed by atoms with E-state index in [-0.39, 0.29) is 6.29 Å². The lowest BCUT2D eigenvalue weighted by molar-refractivity contribution is -0.383. The molecule has 0 aromatic carbocycles. The van der Waals surface area contributed by atoms with Crippen molar-refractivity contribution in [2.24, 2.45) is 0 Å². The molecular weight excluding hydrogens is 976 g/mol. The summed E-state index contributed by atoms with van der Waals surface area (Å²) in [4.78, 5) is 9.90. The molecule has 0 spiro atoms. The highest BCUT2D eigenvalue weighted by atomic mass is 16.8. The summed E-state index contributed by atoms with van der Waals surface area (Å²) in [6, 6.07) is 0. The van der Waals surface area contributed by atoms with Crippen molar-refractivity contribution in [1.29, 1.82) is 0 Å². The minimum atomic E-state index is -2.22. The number of hydrogen-bond donors (Lipinski definition) is 26. The van der Waals surface area contributed by atoms with E-state index in [4.69, 9.17) is 89.7 Å². The molecule has 0 radical (unpaired) electrons. The Kier molecular flexibility index (Phi) is 26.6. The molecule has 416 valence electrons. The Morgan fingerprint density at radius 3 is 1.33 bits per heavy atom. The van der Waals surface area contributed by atoms with Gasteiger partial charge in [0, 0.05) is 0 Å². The number of aliphatic hydroxyl groups is 26. The molecule has 0 aromatic heterocycles. The summed E-state index contributed by atoms with van der Waals surface area (Å²) in [5.74, 6) is -4.38. The molecule has 34 nitrogen and oxygen atoms in total. The van der Waals surface area contributed by atoms with Crippen LogP contribution < -0.4 is 0 Å². The zero-order valence-corrected chi connectivity index (χ0v) is 36.6. The van der Waals surface area contributed by atoms with Crippen LogP contribution in [0.15, 0.2) is 0 Å². The number of ether oxygens (including phenoxy) is 7. The number of carbonyl (C=O) groups is 1. The molecule has 5 aliphatic rings. The Morgan fingerprint density at radius 2 is 0.929 bits per heavy atom. The molecule has 0 aliphatic carbocycles. The highest BCUT2D eigenvalue weighted by molar-refractivity contribution is 5.56. The molecule has 0 bridgehead atoms. The van der Waals surface area contributed by atoms with Crippen LogP contribution in [-0.2, 0) is 38.0 Å². The van der Waals surface area contributed by atoms with Crippen molar-refractivity contribution in [3.63, 3.8) is 0 Å². The van der Waals surface area contributed by atoms with Crippen molar-refractivity contribution < 1.29 is 171 Å². The second-order valence-corrected chi connectivity index (χ2v) is 16.2. The number of hydrogen-bond acceptors (Lipinski definition) is 34. The van der Waals surface area contributed by atoms with Crippen LogP contribution in [-0.4, -0.2) is 357 Å². The SMILES string of the molecule is O=C[C@H](O)[C@@H](O)[C@H](O)[C@H](O)CO.OC[C@H]1O[C@@](CO)(O[C@H]2O[C@H](CO)[C@@H](O)[C@H](O)[C@H]2O)[C@@H](O)[C@@H]1O.OC[C@H]1O[C@H](O[C@H]2[C@H](O)[C@@H](O)[C@H](O)O[C@@H]2CO)[C@H](O)[C@@H](O)[C@@H]1O.OC[C@H]1O[C@](O)(CO)[C@@H](O)[C@@H]1O. The summed E-state index contributed by atoms with van der Waals surface area (Å²) in [5, 5.41) is 241. The van der Waals surface area contributed by atoms with E-state index in [0.717, 1.165) is 0 Å². The molecule has 5 aliphatic heterocycles. The standard InChI is InChI=1S/2C12H22O11.2C6H12O6/c13-1-4-6(16)8(18)9(19)11(21-4)23-12(3-15)10(20)7(17)5(2-14)22-12;13-1-3-5(15)6(16)9(19)12(22-3)23-10-4(2-14)21-11(20)8(18)7(10)17;7-1-3-4(9)5(10)6(11,2-8)12-3;7-1-3(9)5(11)6(12)4(10)2-8/h4-11,13-20H,1-3H2;3-20H,1-2H2;3-5,7-11H,1-2H2;1,3-6,8-12H,2H2/t4-,5-,6-,7-,8+,9-,10+,11-,12+;3-,4-,5-,6+,7-,8-,9-,10-,11-,12-;3-,4-,5+,6-;3-,4+,5+,6+/m1110/s1. The third-order valence-electron chi connectivity index (χ3n) is 11.4. The molecule has 0 amide bonds. The van der Waals surface area contributed by atoms with Gasteiger partial charge >= 0.3 is 0 Å². The Labute approximate surface area is 394 Å². The lowest BCUT2D eigenvalue weighted by atomic mass is 9.97. The van der Waals surface area contributed by atoms with Gasteiger partial charge in [-0.1, -0.05) is 0 Å². The molecule has 5 heterocycles. The maximum atomic E-state index is 10.00. The van der Waals surface area contributed by atoms with Crippen molar-refractivity contribution in [1.82, 2.24) is 0 Å². The predicted molar refractivity (Wildman–Crippen MR) is 210 cm³/mol. The fraction of sp³-hybridized carbons (Fsp3) is 0.972. The molecule has 27 atom stereocenters. The van der Waals surface area contributed by atoms with E-state index < -0.39 is 218 Å². The molecule has 0 unspecified atom stereocenters. The van der Waals surface area contributed by atoms with E-state index in [9.17, 15) is 76.3 Å². The topological polar surface area (TPSA) is 608 Å². The summed E-state index contributed by atoms with van der Waals surface area (Å²) in [6.45, 7) is -5.79. The molecular formula is C36H68O34. The van der Waals surface area contributed by atoms with Gasteiger partial charge in [-0.3, -0.25) is 0 Å². The van der Waals surface area contributed by atoms with Crippen LogP contribution in [0.5, 0.6) is 0 Å². The number of carbonyl (C=O) groups excluding carboxylic acids is 1.